The van der Waals surface area contributed by atoms with Crippen LogP contribution < -0.4 is 21.3 Å². The van der Waals surface area contributed by atoms with Crippen LogP contribution in [-0.2, 0) is 10.8 Å². The highest BCUT2D eigenvalue weighted by molar-refractivity contribution is 7.84. The summed E-state index contributed by atoms with van der Waals surface area (Å²) in [5.41, 5.74) is 7.13. The zero-order valence-electron chi connectivity index (χ0n) is 21.8. The van der Waals surface area contributed by atoms with E-state index < -0.39 is 28.3 Å². The number of halogens is 2. The summed E-state index contributed by atoms with van der Waals surface area (Å²) < 4.78 is 47.0. The predicted octanol–water partition coefficient (Wildman–Crippen LogP) is 1.59. The fourth-order valence-electron chi connectivity index (χ4n) is 4.43. The van der Waals surface area contributed by atoms with E-state index in [0.717, 1.165) is 6.07 Å². The van der Waals surface area contributed by atoms with Crippen LogP contribution in [0.15, 0.2) is 41.0 Å². The van der Waals surface area contributed by atoms with Crippen LogP contribution in [0.1, 0.15) is 10.4 Å². The van der Waals surface area contributed by atoms with Gasteiger partial charge in [0.15, 0.2) is 11.4 Å². The molecule has 0 aliphatic carbocycles. The topological polar surface area (TPSA) is 147 Å². The number of fused-ring (bicyclic) bond motifs is 1. The highest BCUT2D eigenvalue weighted by atomic mass is 32.2. The number of amides is 1. The third-order valence-corrected chi connectivity index (χ3v) is 7.28. The molecule has 40 heavy (non-hydrogen) atoms. The molecular weight excluding hydrogens is 544 g/mol. The van der Waals surface area contributed by atoms with E-state index in [1.54, 1.807) is 29.4 Å². The molecule has 0 spiro atoms. The van der Waals surface area contributed by atoms with Gasteiger partial charge in [0.2, 0.25) is 11.9 Å². The molecule has 4 heterocycles. The number of carbonyl (C=O) groups is 1. The summed E-state index contributed by atoms with van der Waals surface area (Å²) >= 11 is 0. The van der Waals surface area contributed by atoms with Crippen LogP contribution in [0.4, 0.5) is 26.4 Å². The molecule has 0 radical (unpaired) electrons. The molecule has 1 saturated heterocycles. The summed E-state index contributed by atoms with van der Waals surface area (Å²) in [4.78, 5) is 25.1. The number of nitrogen functional groups attached to an aromatic ring is 1. The predicted molar refractivity (Wildman–Crippen MR) is 148 cm³/mol. The van der Waals surface area contributed by atoms with Crippen LogP contribution in [0.5, 0.6) is 0 Å². The second-order valence-electron chi connectivity index (χ2n) is 9.25. The molecule has 5 rings (SSSR count). The van der Waals surface area contributed by atoms with Gasteiger partial charge in [-0.15, -0.1) is 0 Å². The minimum atomic E-state index is -1.09. The number of hydrogen-bond acceptors (Lipinski definition) is 10. The maximum atomic E-state index is 14.6. The number of nitrogens with one attached hydrogen (secondary N) is 2. The van der Waals surface area contributed by atoms with Crippen molar-refractivity contribution in [2.75, 3.05) is 73.8 Å². The summed E-state index contributed by atoms with van der Waals surface area (Å²) in [5, 5.41) is 10.1. The number of furan rings is 1. The van der Waals surface area contributed by atoms with E-state index in [1.165, 1.54) is 16.8 Å². The van der Waals surface area contributed by atoms with Gasteiger partial charge < -0.3 is 25.7 Å². The van der Waals surface area contributed by atoms with Gasteiger partial charge in [0.1, 0.15) is 17.3 Å². The lowest BCUT2D eigenvalue weighted by molar-refractivity contribution is 0.0952. The van der Waals surface area contributed by atoms with Gasteiger partial charge in [-0.25, -0.2) is 8.78 Å². The van der Waals surface area contributed by atoms with Gasteiger partial charge in [0.05, 0.1) is 17.5 Å². The molecule has 15 heteroatoms. The molecule has 0 bridgehead atoms. The van der Waals surface area contributed by atoms with E-state index in [4.69, 9.17) is 10.2 Å². The number of aromatic nitrogens is 4. The first-order chi connectivity index (χ1) is 19.3. The van der Waals surface area contributed by atoms with Crippen LogP contribution in [0.2, 0.25) is 0 Å². The number of rotatable bonds is 10. The molecule has 1 aliphatic rings. The molecule has 3 aromatic heterocycles. The lowest BCUT2D eigenvalue weighted by Crippen LogP contribution is -2.48. The molecule has 1 aliphatic heterocycles. The van der Waals surface area contributed by atoms with Crippen molar-refractivity contribution in [2.24, 2.45) is 0 Å². The Morgan fingerprint density at radius 3 is 2.65 bits per heavy atom. The highest BCUT2D eigenvalue weighted by Gasteiger charge is 2.23. The van der Waals surface area contributed by atoms with Gasteiger partial charge in [-0.2, -0.15) is 19.6 Å². The number of nitrogens with zero attached hydrogens (tertiary/aromatic N) is 6. The fraction of sp³-hybridized carbons (Fsp3) is 0.360. The van der Waals surface area contributed by atoms with Crippen molar-refractivity contribution in [1.82, 2.24) is 29.8 Å². The van der Waals surface area contributed by atoms with Crippen LogP contribution in [0.25, 0.3) is 17.1 Å². The Balaban J connectivity index is 1.15. The molecule has 4 N–H and O–H groups in total. The number of carbonyl (C=O) groups excluding carboxylic acids is 1. The van der Waals surface area contributed by atoms with E-state index >= 15 is 0 Å². The number of hydrogen-bond donors (Lipinski definition) is 3. The Morgan fingerprint density at radius 2 is 1.93 bits per heavy atom. The van der Waals surface area contributed by atoms with Crippen LogP contribution >= 0.6 is 0 Å². The third-order valence-electron chi connectivity index (χ3n) is 6.50. The Kier molecular flexibility index (Phi) is 8.21. The Hall–Kier alpha value is -4.11. The Morgan fingerprint density at radius 1 is 1.12 bits per heavy atom. The van der Waals surface area contributed by atoms with Crippen molar-refractivity contribution in [2.45, 2.75) is 0 Å². The average Bonchev–Trinajstić information content (AvgIpc) is 3.60. The Labute approximate surface area is 231 Å². The zero-order valence-corrected chi connectivity index (χ0v) is 22.6. The van der Waals surface area contributed by atoms with E-state index in [-0.39, 0.29) is 29.5 Å². The summed E-state index contributed by atoms with van der Waals surface area (Å²) in [6, 6.07) is 7.31. The Bertz CT molecular complexity index is 1520. The van der Waals surface area contributed by atoms with Gasteiger partial charge in [-0.3, -0.25) is 13.9 Å². The van der Waals surface area contributed by atoms with Crippen LogP contribution in [0, 0.1) is 11.6 Å². The number of piperazine rings is 1. The van der Waals surface area contributed by atoms with Crippen molar-refractivity contribution in [3.8, 4) is 11.5 Å². The summed E-state index contributed by atoms with van der Waals surface area (Å²) in [5.74, 6) is -0.905. The second kappa shape index (κ2) is 12.0. The maximum Gasteiger partial charge on any atom is 0.254 e. The molecule has 212 valence electrons. The smallest absolute Gasteiger partial charge is 0.254 e. The van der Waals surface area contributed by atoms with E-state index in [1.807, 2.05) is 0 Å². The molecular formula is C25H29F2N9O3S. The molecule has 1 aromatic carbocycles. The minimum absolute atomic E-state index is 0.140. The first kappa shape index (κ1) is 27.5. The fourth-order valence-corrected chi connectivity index (χ4v) is 4.82. The molecule has 4 aromatic rings. The van der Waals surface area contributed by atoms with Gasteiger partial charge >= 0.3 is 0 Å². The normalized spacial score (nSPS) is 14.9. The first-order valence-electron chi connectivity index (χ1n) is 12.6. The quantitative estimate of drug-likeness (QED) is 0.256. The summed E-state index contributed by atoms with van der Waals surface area (Å²) in [7, 11) is -1.09. The average molecular weight is 574 g/mol. The first-order valence-corrected chi connectivity index (χ1v) is 14.4. The third kappa shape index (κ3) is 6.20. The molecule has 0 saturated carbocycles. The number of benzene rings is 1. The van der Waals surface area contributed by atoms with Gasteiger partial charge in [-0.05, 0) is 18.2 Å². The van der Waals surface area contributed by atoms with Gasteiger partial charge in [0, 0.05) is 80.8 Å². The van der Waals surface area contributed by atoms with Crippen molar-refractivity contribution < 1.29 is 22.2 Å². The monoisotopic (exact) mass is 573 g/mol. The van der Waals surface area contributed by atoms with E-state index in [0.29, 0.717) is 62.3 Å². The van der Waals surface area contributed by atoms with Crippen molar-refractivity contribution in [3.05, 3.63) is 53.8 Å². The highest BCUT2D eigenvalue weighted by Crippen LogP contribution is 2.25. The van der Waals surface area contributed by atoms with Gasteiger partial charge in [-0.1, -0.05) is 0 Å². The molecule has 1 atom stereocenters. The largest absolute Gasteiger partial charge is 0.463 e. The molecule has 1 amide bonds. The second-order valence-corrected chi connectivity index (χ2v) is 10.8. The van der Waals surface area contributed by atoms with E-state index in [9.17, 15) is 17.8 Å². The number of nitrogens with two attached hydrogens (primary N) is 1. The summed E-state index contributed by atoms with van der Waals surface area (Å²) in [6.07, 6.45) is 3.08. The lowest BCUT2D eigenvalue weighted by Gasteiger charge is -2.36. The SMILES string of the molecule is C[S@](=O)CCNC(=O)c1cc(N2CCN(CCNc3nc(N)n4nc(-c5ccco5)cc4n3)CC2)c(F)cc1F. The van der Waals surface area contributed by atoms with Crippen molar-refractivity contribution in [1.29, 1.82) is 0 Å². The van der Waals surface area contributed by atoms with Crippen molar-refractivity contribution in [3.63, 3.8) is 0 Å². The molecule has 0 unspecified atom stereocenters. The maximum absolute atomic E-state index is 14.6. The molecule has 1 fully saturated rings. The van der Waals surface area contributed by atoms with Crippen LogP contribution in [0.3, 0.4) is 0 Å². The lowest BCUT2D eigenvalue weighted by atomic mass is 10.1. The van der Waals surface area contributed by atoms with E-state index in [2.05, 4.69) is 30.6 Å². The molecule has 12 nitrogen and oxygen atoms in total. The van der Waals surface area contributed by atoms with Gasteiger partial charge in [0.25, 0.3) is 5.91 Å². The zero-order chi connectivity index (χ0) is 28.2. The standard InChI is InChI=1S/C25H29F2N9O3S/c1-40(38)12-5-29-23(37)16-13-20(18(27)14-17(16)26)35-9-7-34(8-10-35)6-4-30-25-31-22-15-19(21-3-2-11-39-21)33-36(22)24(28)32-25/h2-3,11,13-15H,4-10,12H2,1H3,(H,29,37)(H3,28,30,31,32)/t40-/m0/s1. The van der Waals surface area contributed by atoms with Crippen LogP contribution in [-0.4, -0.2) is 92.4 Å². The van der Waals surface area contributed by atoms with Crippen molar-refractivity contribution >= 4 is 39.9 Å². The number of anilines is 3. The minimum Gasteiger partial charge on any atom is -0.463 e. The summed E-state index contributed by atoms with van der Waals surface area (Å²) in [6.45, 7) is 3.64.